The number of nitrogens with one attached hydrogen (secondary N) is 1. The van der Waals surface area contributed by atoms with Crippen LogP contribution >= 0.6 is 0 Å². The van der Waals surface area contributed by atoms with E-state index in [0.717, 1.165) is 0 Å². The molecule has 0 radical (unpaired) electrons. The molecule has 0 aromatic rings. The Bertz CT molecular complexity index is 160. The molecule has 1 amide bonds. The Hall–Kier alpha value is 0.269. The molecular formula is C9H21NOSn. The van der Waals surface area contributed by atoms with Crippen molar-refractivity contribution < 1.29 is 4.79 Å². The van der Waals surface area contributed by atoms with Crippen LogP contribution in [0.1, 0.15) is 20.8 Å². The maximum absolute atomic E-state index is 10.9. The molecule has 0 heterocycles. The first-order valence-electron chi connectivity index (χ1n) is 4.52. The summed E-state index contributed by atoms with van der Waals surface area (Å²) in [6, 6.07) is 0. The van der Waals surface area contributed by atoms with Gasteiger partial charge in [0.05, 0.1) is 0 Å². The van der Waals surface area contributed by atoms with E-state index in [2.05, 4.69) is 34.0 Å². The van der Waals surface area contributed by atoms with Crippen LogP contribution in [0.5, 0.6) is 0 Å². The van der Waals surface area contributed by atoms with Crippen molar-refractivity contribution in [2.24, 2.45) is 5.92 Å². The van der Waals surface area contributed by atoms with Crippen molar-refractivity contribution in [2.45, 2.75) is 39.6 Å². The Morgan fingerprint density at radius 3 is 1.75 bits per heavy atom. The topological polar surface area (TPSA) is 29.1 Å². The van der Waals surface area contributed by atoms with Crippen molar-refractivity contribution >= 4 is 24.3 Å². The summed E-state index contributed by atoms with van der Waals surface area (Å²) < 4.78 is 0.469. The molecule has 0 aliphatic carbocycles. The molecule has 0 aliphatic rings. The third-order valence-corrected chi connectivity index (χ3v) is 9.60. The molecule has 12 heavy (non-hydrogen) atoms. The fourth-order valence-electron chi connectivity index (χ4n) is 1.60. The van der Waals surface area contributed by atoms with Crippen LogP contribution < -0.4 is 5.32 Å². The van der Waals surface area contributed by atoms with Crippen LogP contribution in [-0.4, -0.2) is 28.3 Å². The normalized spacial score (nSPS) is 14.6. The fourth-order valence-corrected chi connectivity index (χ4v) is 9.13. The number of hydrogen-bond donors (Lipinski definition) is 1. The molecule has 0 spiro atoms. The second-order valence-electron chi connectivity index (χ2n) is 4.79. The van der Waals surface area contributed by atoms with Gasteiger partial charge in [0.2, 0.25) is 0 Å². The van der Waals surface area contributed by atoms with E-state index in [4.69, 9.17) is 0 Å². The molecule has 0 bridgehead atoms. The molecule has 0 fully saturated rings. The molecule has 1 N–H and O–H groups in total. The van der Waals surface area contributed by atoms with Gasteiger partial charge in [-0.3, -0.25) is 0 Å². The van der Waals surface area contributed by atoms with E-state index in [1.807, 2.05) is 0 Å². The van der Waals surface area contributed by atoms with Crippen LogP contribution in [0, 0.1) is 5.92 Å². The molecule has 0 aromatic carbocycles. The zero-order valence-corrected chi connectivity index (χ0v) is 11.9. The summed E-state index contributed by atoms with van der Waals surface area (Å²) in [5, 5.41) is 3.07. The third kappa shape index (κ3) is 4.33. The van der Waals surface area contributed by atoms with Gasteiger partial charge in [0, 0.05) is 0 Å². The van der Waals surface area contributed by atoms with Crippen molar-refractivity contribution in [3.05, 3.63) is 0 Å². The van der Waals surface area contributed by atoms with Crippen molar-refractivity contribution in [2.75, 3.05) is 0 Å². The van der Waals surface area contributed by atoms with Crippen molar-refractivity contribution in [1.82, 2.24) is 5.32 Å². The van der Waals surface area contributed by atoms with Gasteiger partial charge in [0.25, 0.3) is 0 Å². The molecular weight excluding hydrogens is 257 g/mol. The zero-order chi connectivity index (χ0) is 9.94. The van der Waals surface area contributed by atoms with Crippen LogP contribution in [0.3, 0.4) is 0 Å². The van der Waals surface area contributed by atoms with Crippen molar-refractivity contribution in [3.8, 4) is 0 Å². The number of rotatable bonds is 3. The summed E-state index contributed by atoms with van der Waals surface area (Å²) in [6.07, 6.45) is 0. The van der Waals surface area contributed by atoms with Gasteiger partial charge in [-0.25, -0.2) is 0 Å². The number of carbonyl (C=O) groups is 1. The summed E-state index contributed by atoms with van der Waals surface area (Å²) >= 11 is -1.95. The Balaban J connectivity index is 4.35. The van der Waals surface area contributed by atoms with Gasteiger partial charge >= 0.3 is 80.0 Å². The number of amides is 1. The second kappa shape index (κ2) is 4.49. The summed E-state index contributed by atoms with van der Waals surface area (Å²) in [5.41, 5.74) is 0. The van der Waals surface area contributed by atoms with E-state index >= 15 is 0 Å². The summed E-state index contributed by atoms with van der Waals surface area (Å²) in [5.74, 6) is 0.685. The monoisotopic (exact) mass is 279 g/mol. The molecule has 2 nitrogen and oxygen atoms in total. The van der Waals surface area contributed by atoms with Gasteiger partial charge in [-0.2, -0.15) is 0 Å². The summed E-state index contributed by atoms with van der Waals surface area (Å²) in [4.78, 5) is 18.0. The molecule has 0 saturated carbocycles. The van der Waals surface area contributed by atoms with Crippen molar-refractivity contribution in [3.63, 3.8) is 0 Å². The molecule has 1 atom stereocenters. The Morgan fingerprint density at radius 1 is 1.25 bits per heavy atom. The van der Waals surface area contributed by atoms with Crippen molar-refractivity contribution in [1.29, 1.82) is 0 Å². The van der Waals surface area contributed by atoms with Gasteiger partial charge in [0.1, 0.15) is 0 Å². The molecule has 72 valence electrons. The zero-order valence-electron chi connectivity index (χ0n) is 9.06. The minimum absolute atomic E-state index is 0.111. The second-order valence-corrected chi connectivity index (χ2v) is 20.1. The average Bonchev–Trinajstić information content (AvgIpc) is 1.79. The fraction of sp³-hybridized carbons (Fsp3) is 0.889. The first-order valence-corrected chi connectivity index (χ1v) is 14.7. The van der Waals surface area contributed by atoms with E-state index in [0.29, 0.717) is 9.98 Å². The van der Waals surface area contributed by atoms with E-state index in [-0.39, 0.29) is 5.91 Å². The Labute approximate surface area is 80.0 Å². The van der Waals surface area contributed by atoms with E-state index in [1.165, 1.54) is 0 Å². The molecule has 0 saturated heterocycles. The summed E-state index contributed by atoms with van der Waals surface area (Å²) in [7, 11) is 0. The Morgan fingerprint density at radius 2 is 1.67 bits per heavy atom. The number of carbonyl (C=O) groups excluding carboxylic acids is 1. The van der Waals surface area contributed by atoms with Crippen LogP contribution in [0.15, 0.2) is 0 Å². The van der Waals surface area contributed by atoms with Crippen LogP contribution in [0.4, 0.5) is 0 Å². The molecule has 1 unspecified atom stereocenters. The average molecular weight is 278 g/mol. The van der Waals surface area contributed by atoms with Crippen LogP contribution in [0.2, 0.25) is 14.8 Å². The number of hydrogen-bond acceptors (Lipinski definition) is 1. The van der Waals surface area contributed by atoms with Crippen LogP contribution in [0.25, 0.3) is 0 Å². The first-order chi connectivity index (χ1) is 5.25. The van der Waals surface area contributed by atoms with E-state index in [9.17, 15) is 4.79 Å². The first kappa shape index (κ1) is 12.3. The minimum atomic E-state index is -1.95. The standard InChI is InChI=1S/C6H12NO.3CH3.Sn/c1-5(2)4-7-6(3)8;;;;/h4-5H,1-3H3,(H,7,8);3*1H3;. The SMILES string of the molecule is CC(=O)N[CH](C(C)C)[Sn]([CH3])([CH3])[CH3]. The quantitative estimate of drug-likeness (QED) is 0.786. The van der Waals surface area contributed by atoms with Gasteiger partial charge in [0.15, 0.2) is 0 Å². The Kier molecular flexibility index (Phi) is 4.59. The summed E-state index contributed by atoms with van der Waals surface area (Å²) in [6.45, 7) is 5.97. The van der Waals surface area contributed by atoms with Gasteiger partial charge in [-0.05, 0) is 0 Å². The van der Waals surface area contributed by atoms with Gasteiger partial charge < -0.3 is 0 Å². The van der Waals surface area contributed by atoms with Gasteiger partial charge in [-0.1, -0.05) is 0 Å². The molecule has 0 aliphatic heterocycles. The molecule has 0 rings (SSSR count). The van der Waals surface area contributed by atoms with E-state index < -0.39 is 18.4 Å². The molecule has 3 heteroatoms. The predicted molar refractivity (Wildman–Crippen MR) is 55.8 cm³/mol. The van der Waals surface area contributed by atoms with Gasteiger partial charge in [-0.15, -0.1) is 0 Å². The molecule has 0 aromatic heterocycles. The van der Waals surface area contributed by atoms with Crippen LogP contribution in [-0.2, 0) is 4.79 Å². The maximum atomic E-state index is 10.9. The third-order valence-electron chi connectivity index (χ3n) is 1.96. The van der Waals surface area contributed by atoms with E-state index in [1.54, 1.807) is 6.92 Å². The predicted octanol–water partition coefficient (Wildman–Crippen LogP) is 2.02.